The zero-order chi connectivity index (χ0) is 12.5. The molecule has 3 heteroatoms. The molecule has 0 bridgehead atoms. The highest BCUT2D eigenvalue weighted by Gasteiger charge is 2.28. The highest BCUT2D eigenvalue weighted by Crippen LogP contribution is 2.32. The van der Waals surface area contributed by atoms with Crippen molar-refractivity contribution in [3.05, 3.63) is 35.1 Å². The lowest BCUT2D eigenvalue weighted by Gasteiger charge is -2.19. The molecule has 1 aromatic carbocycles. The van der Waals surface area contributed by atoms with Crippen LogP contribution in [0.5, 0.6) is 0 Å². The number of rotatable bonds is 3. The van der Waals surface area contributed by atoms with Gasteiger partial charge in [0.2, 0.25) is 0 Å². The molecule has 18 heavy (non-hydrogen) atoms. The van der Waals surface area contributed by atoms with Gasteiger partial charge in [-0.25, -0.2) is 4.39 Å². The molecule has 1 aromatic rings. The van der Waals surface area contributed by atoms with E-state index in [1.807, 2.05) is 6.07 Å². The van der Waals surface area contributed by atoms with Crippen molar-refractivity contribution in [3.8, 4) is 0 Å². The Kier molecular flexibility index (Phi) is 3.35. The largest absolute Gasteiger partial charge is 0.393 e. The topological polar surface area (TPSA) is 32.3 Å². The van der Waals surface area contributed by atoms with E-state index in [-0.39, 0.29) is 11.9 Å². The van der Waals surface area contributed by atoms with E-state index < -0.39 is 0 Å². The third-order valence-electron chi connectivity index (χ3n) is 4.43. The first-order chi connectivity index (χ1) is 8.74. The lowest BCUT2D eigenvalue weighted by molar-refractivity contribution is 0.130. The molecule has 0 aromatic heterocycles. The van der Waals surface area contributed by atoms with Gasteiger partial charge in [0.1, 0.15) is 5.82 Å². The predicted octanol–water partition coefficient (Wildman–Crippen LogP) is 2.56. The van der Waals surface area contributed by atoms with Crippen LogP contribution in [-0.4, -0.2) is 17.8 Å². The molecule has 3 rings (SSSR count). The molecule has 2 N–H and O–H groups in total. The second-order valence-electron chi connectivity index (χ2n) is 5.60. The molecule has 2 aliphatic rings. The van der Waals surface area contributed by atoms with E-state index in [2.05, 4.69) is 5.32 Å². The van der Waals surface area contributed by atoms with Crippen LogP contribution in [0.2, 0.25) is 0 Å². The maximum absolute atomic E-state index is 13.1. The van der Waals surface area contributed by atoms with Crippen LogP contribution in [-0.2, 0) is 6.42 Å². The molecule has 2 nitrogen and oxygen atoms in total. The normalized spacial score (nSPS) is 30.7. The molecular formula is C15H20FNO. The Morgan fingerprint density at radius 2 is 2.17 bits per heavy atom. The summed E-state index contributed by atoms with van der Waals surface area (Å²) in [6.45, 7) is 0.878. The average Bonchev–Trinajstić information content (AvgIpc) is 2.93. The lowest BCUT2D eigenvalue weighted by atomic mass is 10.0. The van der Waals surface area contributed by atoms with Crippen molar-refractivity contribution >= 4 is 0 Å². The first kappa shape index (κ1) is 12.1. The maximum atomic E-state index is 13.1. The molecule has 1 fully saturated rings. The van der Waals surface area contributed by atoms with Crippen LogP contribution in [0.4, 0.5) is 4.39 Å². The van der Waals surface area contributed by atoms with Crippen molar-refractivity contribution in [1.82, 2.24) is 5.32 Å². The Morgan fingerprint density at radius 1 is 1.28 bits per heavy atom. The van der Waals surface area contributed by atoms with Crippen LogP contribution in [0.3, 0.4) is 0 Å². The number of halogens is 1. The SMILES string of the molecule is OC1CCCC1CNC1CCc2cc(F)ccc21. The number of benzene rings is 1. The fourth-order valence-electron chi connectivity index (χ4n) is 3.35. The minimum Gasteiger partial charge on any atom is -0.393 e. The van der Waals surface area contributed by atoms with E-state index in [1.165, 1.54) is 5.56 Å². The molecule has 2 aliphatic carbocycles. The molecule has 0 spiro atoms. The number of hydrogen-bond donors (Lipinski definition) is 2. The molecule has 0 aliphatic heterocycles. The number of aryl methyl sites for hydroxylation is 1. The minimum absolute atomic E-state index is 0.133. The monoisotopic (exact) mass is 249 g/mol. The fourth-order valence-corrected chi connectivity index (χ4v) is 3.35. The molecule has 0 radical (unpaired) electrons. The molecule has 0 amide bonds. The van der Waals surface area contributed by atoms with E-state index in [1.54, 1.807) is 12.1 Å². The van der Waals surface area contributed by atoms with Crippen LogP contribution < -0.4 is 5.32 Å². The van der Waals surface area contributed by atoms with Crippen LogP contribution in [0.15, 0.2) is 18.2 Å². The molecule has 0 saturated heterocycles. The summed E-state index contributed by atoms with van der Waals surface area (Å²) in [6, 6.07) is 5.44. The van der Waals surface area contributed by atoms with E-state index in [9.17, 15) is 9.50 Å². The average molecular weight is 249 g/mol. The quantitative estimate of drug-likeness (QED) is 0.863. The molecule has 1 saturated carbocycles. The number of aliphatic hydroxyl groups excluding tert-OH is 1. The highest BCUT2D eigenvalue weighted by atomic mass is 19.1. The zero-order valence-electron chi connectivity index (χ0n) is 10.5. The Labute approximate surface area is 107 Å². The summed E-state index contributed by atoms with van der Waals surface area (Å²) in [5.74, 6) is 0.259. The minimum atomic E-state index is -0.138. The Bertz CT molecular complexity index is 435. The van der Waals surface area contributed by atoms with Gasteiger partial charge in [-0.1, -0.05) is 12.5 Å². The van der Waals surface area contributed by atoms with Crippen LogP contribution in [0.1, 0.15) is 42.9 Å². The van der Waals surface area contributed by atoms with Crippen molar-refractivity contribution < 1.29 is 9.50 Å². The van der Waals surface area contributed by atoms with Crippen molar-refractivity contribution in [2.45, 2.75) is 44.2 Å². The number of fused-ring (bicyclic) bond motifs is 1. The van der Waals surface area contributed by atoms with Crippen LogP contribution in [0, 0.1) is 11.7 Å². The summed E-state index contributed by atoms with van der Waals surface area (Å²) in [4.78, 5) is 0. The van der Waals surface area contributed by atoms with E-state index in [4.69, 9.17) is 0 Å². The molecular weight excluding hydrogens is 229 g/mol. The summed E-state index contributed by atoms with van der Waals surface area (Å²) in [6.07, 6.45) is 5.07. The van der Waals surface area contributed by atoms with Gasteiger partial charge >= 0.3 is 0 Å². The molecule has 3 atom stereocenters. The van der Waals surface area contributed by atoms with Gasteiger partial charge in [-0.05, 0) is 54.9 Å². The van der Waals surface area contributed by atoms with Crippen LogP contribution >= 0.6 is 0 Å². The van der Waals surface area contributed by atoms with Gasteiger partial charge < -0.3 is 10.4 Å². The number of aliphatic hydroxyl groups is 1. The summed E-state index contributed by atoms with van der Waals surface area (Å²) in [5, 5.41) is 13.4. The summed E-state index contributed by atoms with van der Waals surface area (Å²) < 4.78 is 13.1. The summed E-state index contributed by atoms with van der Waals surface area (Å²) in [5.41, 5.74) is 2.38. The van der Waals surface area contributed by atoms with Gasteiger partial charge in [0.15, 0.2) is 0 Å². The first-order valence-corrected chi connectivity index (χ1v) is 6.94. The van der Waals surface area contributed by atoms with Crippen LogP contribution in [0.25, 0.3) is 0 Å². The Balaban J connectivity index is 1.62. The maximum Gasteiger partial charge on any atom is 0.123 e. The molecule has 3 unspecified atom stereocenters. The predicted molar refractivity (Wildman–Crippen MR) is 68.8 cm³/mol. The summed E-state index contributed by atoms with van der Waals surface area (Å²) in [7, 11) is 0. The van der Waals surface area contributed by atoms with Gasteiger partial charge in [0.25, 0.3) is 0 Å². The second kappa shape index (κ2) is 4.98. The fraction of sp³-hybridized carbons (Fsp3) is 0.600. The smallest absolute Gasteiger partial charge is 0.123 e. The Morgan fingerprint density at radius 3 is 2.94 bits per heavy atom. The van der Waals surface area contributed by atoms with Gasteiger partial charge in [-0.15, -0.1) is 0 Å². The third kappa shape index (κ3) is 2.29. The van der Waals surface area contributed by atoms with Gasteiger partial charge in [0.05, 0.1) is 6.10 Å². The molecule has 98 valence electrons. The van der Waals surface area contributed by atoms with Gasteiger partial charge in [0, 0.05) is 12.6 Å². The summed E-state index contributed by atoms with van der Waals surface area (Å²) >= 11 is 0. The second-order valence-corrected chi connectivity index (χ2v) is 5.60. The highest BCUT2D eigenvalue weighted by molar-refractivity contribution is 5.34. The zero-order valence-corrected chi connectivity index (χ0v) is 10.5. The van der Waals surface area contributed by atoms with Gasteiger partial charge in [-0.2, -0.15) is 0 Å². The first-order valence-electron chi connectivity index (χ1n) is 6.94. The van der Waals surface area contributed by atoms with Crippen molar-refractivity contribution in [3.63, 3.8) is 0 Å². The lowest BCUT2D eigenvalue weighted by Crippen LogP contribution is -2.30. The standard InChI is InChI=1S/C15H20FNO/c16-12-5-6-13-10(8-12)4-7-14(13)17-9-11-2-1-3-15(11)18/h5-6,8,11,14-15,17-18H,1-4,7,9H2. The van der Waals surface area contributed by atoms with E-state index in [0.29, 0.717) is 12.0 Å². The number of nitrogens with one attached hydrogen (secondary N) is 1. The molecule has 0 heterocycles. The van der Waals surface area contributed by atoms with Crippen molar-refractivity contribution in [2.75, 3.05) is 6.54 Å². The van der Waals surface area contributed by atoms with Crippen molar-refractivity contribution in [2.24, 2.45) is 5.92 Å². The Hall–Kier alpha value is -0.930. The van der Waals surface area contributed by atoms with Gasteiger partial charge in [-0.3, -0.25) is 0 Å². The third-order valence-corrected chi connectivity index (χ3v) is 4.43. The van der Waals surface area contributed by atoms with E-state index in [0.717, 1.165) is 44.2 Å². The van der Waals surface area contributed by atoms with E-state index >= 15 is 0 Å². The van der Waals surface area contributed by atoms with Crippen molar-refractivity contribution in [1.29, 1.82) is 0 Å². The number of hydrogen-bond acceptors (Lipinski definition) is 2.